The van der Waals surface area contributed by atoms with E-state index in [1.807, 2.05) is 26.0 Å². The largest absolute Gasteiger partial charge is 0.450 e. The van der Waals surface area contributed by atoms with Crippen LogP contribution in [0.2, 0.25) is 0 Å². The number of rotatable bonds is 9. The Hall–Kier alpha value is -3.88. The van der Waals surface area contributed by atoms with Gasteiger partial charge in [0.05, 0.1) is 18.4 Å². The molecule has 1 aromatic rings. The molecule has 5 atom stereocenters. The summed E-state index contributed by atoms with van der Waals surface area (Å²) in [6, 6.07) is 4.00. The maximum absolute atomic E-state index is 14.3. The van der Waals surface area contributed by atoms with Crippen LogP contribution in [-0.2, 0) is 53.4 Å². The highest BCUT2D eigenvalue weighted by atomic mass is 32.2. The van der Waals surface area contributed by atoms with E-state index in [-0.39, 0.29) is 31.9 Å². The van der Waals surface area contributed by atoms with Gasteiger partial charge in [-0.1, -0.05) is 70.6 Å². The van der Waals surface area contributed by atoms with Gasteiger partial charge in [0.2, 0.25) is 21.8 Å². The van der Waals surface area contributed by atoms with Crippen LogP contribution in [-0.4, -0.2) is 90.3 Å². The Labute approximate surface area is 306 Å². The van der Waals surface area contributed by atoms with Crippen molar-refractivity contribution in [3.8, 4) is 0 Å². The third-order valence-corrected chi connectivity index (χ3v) is 13.1. The monoisotopic (exact) mass is 743 g/mol. The average Bonchev–Trinajstić information content (AvgIpc) is 4.01. The molecule has 6 rings (SSSR count). The second-order valence-electron chi connectivity index (χ2n) is 15.1. The summed E-state index contributed by atoms with van der Waals surface area (Å²) in [5, 5.41) is 4.92. The van der Waals surface area contributed by atoms with E-state index in [1.165, 1.54) is 10.5 Å². The summed E-state index contributed by atoms with van der Waals surface area (Å²) in [6.07, 6.45) is 6.78. The molecule has 4 bridgehead atoms. The number of aryl methyl sites for hydroxylation is 1. The zero-order valence-electron chi connectivity index (χ0n) is 30.3. The maximum Gasteiger partial charge on any atom is 0.410 e. The molecule has 3 aliphatic heterocycles. The van der Waals surface area contributed by atoms with Crippen LogP contribution in [0.5, 0.6) is 0 Å². The van der Waals surface area contributed by atoms with E-state index in [4.69, 9.17) is 9.47 Å². The molecule has 2 aliphatic carbocycles. The number of amides is 5. The van der Waals surface area contributed by atoms with E-state index in [0.717, 1.165) is 49.7 Å². The van der Waals surface area contributed by atoms with E-state index in [2.05, 4.69) is 21.4 Å². The van der Waals surface area contributed by atoms with Crippen molar-refractivity contribution in [1.82, 2.24) is 25.2 Å². The Morgan fingerprint density at radius 2 is 1.77 bits per heavy atom. The number of alkyl carbamates (subject to hydrolysis) is 1. The Bertz CT molecular complexity index is 1650. The van der Waals surface area contributed by atoms with E-state index in [9.17, 15) is 32.4 Å². The van der Waals surface area contributed by atoms with Gasteiger partial charge in [0.1, 0.15) is 23.7 Å². The minimum absolute atomic E-state index is 0.0326. The summed E-state index contributed by atoms with van der Waals surface area (Å²) < 4.78 is 39.0. The molecule has 3 fully saturated rings. The number of benzene rings is 1. The first-order valence-corrected chi connectivity index (χ1v) is 20.7. The van der Waals surface area contributed by atoms with Crippen LogP contribution >= 0.6 is 0 Å². The molecular formula is C37H53N5O9S. The van der Waals surface area contributed by atoms with Gasteiger partial charge >= 0.3 is 12.2 Å². The van der Waals surface area contributed by atoms with Crippen molar-refractivity contribution in [2.75, 3.05) is 13.2 Å². The van der Waals surface area contributed by atoms with Crippen LogP contribution in [0, 0.1) is 5.92 Å². The zero-order chi connectivity index (χ0) is 37.0. The number of unbranched alkanes of at least 4 members (excludes halogenated alkanes) is 1. The Kier molecular flexibility index (Phi) is 11.7. The van der Waals surface area contributed by atoms with Gasteiger partial charge in [-0.2, -0.15) is 0 Å². The fourth-order valence-corrected chi connectivity index (χ4v) is 9.27. The predicted molar refractivity (Wildman–Crippen MR) is 190 cm³/mol. The predicted octanol–water partition coefficient (Wildman–Crippen LogP) is 3.79. The zero-order valence-corrected chi connectivity index (χ0v) is 31.1. The van der Waals surface area contributed by atoms with Crippen molar-refractivity contribution in [1.29, 1.82) is 0 Å². The summed E-state index contributed by atoms with van der Waals surface area (Å²) >= 11 is 0. The molecule has 15 heteroatoms. The number of carbonyl (C=O) groups is 5. The highest BCUT2D eigenvalue weighted by Crippen LogP contribution is 2.47. The number of cyclic esters (lactones) is 1. The van der Waals surface area contributed by atoms with Gasteiger partial charge in [0.25, 0.3) is 5.91 Å². The molecule has 5 aliphatic rings. The van der Waals surface area contributed by atoms with Crippen molar-refractivity contribution in [2.45, 2.75) is 146 Å². The lowest BCUT2D eigenvalue weighted by Gasteiger charge is -2.29. The molecule has 1 aromatic carbocycles. The van der Waals surface area contributed by atoms with Crippen molar-refractivity contribution in [2.24, 2.45) is 5.92 Å². The summed E-state index contributed by atoms with van der Waals surface area (Å²) in [5.41, 5.74) is 1.97. The molecule has 2 saturated carbocycles. The summed E-state index contributed by atoms with van der Waals surface area (Å²) in [6.45, 7) is 4.75. The van der Waals surface area contributed by atoms with Crippen molar-refractivity contribution < 1.29 is 41.9 Å². The van der Waals surface area contributed by atoms with Gasteiger partial charge in [-0.15, -0.1) is 0 Å². The number of fused-ring (bicyclic) bond motifs is 3. The summed E-state index contributed by atoms with van der Waals surface area (Å²) in [7, 11) is -3.86. The molecule has 0 aromatic heterocycles. The van der Waals surface area contributed by atoms with Gasteiger partial charge < -0.3 is 25.0 Å². The Balaban J connectivity index is 1.24. The Morgan fingerprint density at radius 3 is 2.50 bits per heavy atom. The fourth-order valence-electron chi connectivity index (χ4n) is 7.90. The van der Waals surface area contributed by atoms with Crippen LogP contribution in [0.3, 0.4) is 0 Å². The van der Waals surface area contributed by atoms with Gasteiger partial charge in [-0.25, -0.2) is 18.0 Å². The fraction of sp³-hybridized carbons (Fsp3) is 0.703. The quantitative estimate of drug-likeness (QED) is 0.339. The minimum atomic E-state index is -3.86. The van der Waals surface area contributed by atoms with E-state index < -0.39 is 68.9 Å². The second kappa shape index (κ2) is 16.0. The summed E-state index contributed by atoms with van der Waals surface area (Å²) in [5.74, 6) is -2.24. The van der Waals surface area contributed by atoms with Crippen LogP contribution in [0.15, 0.2) is 18.2 Å². The second-order valence-corrected chi connectivity index (χ2v) is 17.1. The van der Waals surface area contributed by atoms with Gasteiger partial charge in [-0.3, -0.25) is 24.0 Å². The minimum Gasteiger partial charge on any atom is -0.450 e. The molecule has 3 heterocycles. The molecule has 0 radical (unpaired) electrons. The number of nitrogens with one attached hydrogen (secondary N) is 3. The van der Waals surface area contributed by atoms with Crippen LogP contribution in [0.1, 0.15) is 114 Å². The number of hydrogen-bond donors (Lipinski definition) is 3. The molecule has 5 amide bonds. The Morgan fingerprint density at radius 1 is 1.02 bits per heavy atom. The van der Waals surface area contributed by atoms with Gasteiger partial charge in [0, 0.05) is 19.5 Å². The first-order chi connectivity index (χ1) is 25.0. The topological polar surface area (TPSA) is 181 Å². The maximum atomic E-state index is 14.3. The lowest BCUT2D eigenvalue weighted by molar-refractivity contribution is -0.141. The first-order valence-electron chi connectivity index (χ1n) is 19.1. The summed E-state index contributed by atoms with van der Waals surface area (Å²) in [4.78, 5) is 71.4. The number of sulfonamides is 1. The lowest BCUT2D eigenvalue weighted by Crippen LogP contribution is -2.58. The lowest BCUT2D eigenvalue weighted by atomic mass is 9.98. The standard InChI is InChI=1S/C37H53N5O9S/c1-3-5-15-30-33(44)42-22-27(19-31(42)32(43)39-37(20-26(37)4-2)34(45)40-52(48,49)28-16-17-28)51-36(47)41-21-25-14-11-13-24(29(25)23-41)12-9-7-6-8-10-18-50-35(46)38-30/h11,13-14,26-28,30-31H,3-10,12,15-23H2,1-2H3,(H,38,46)(H,39,43)(H,40,45)/t26-,27+,30-,31-,37+/m0/s1. The van der Waals surface area contributed by atoms with Crippen molar-refractivity contribution >= 4 is 39.9 Å². The highest BCUT2D eigenvalue weighted by molar-refractivity contribution is 7.91. The van der Waals surface area contributed by atoms with E-state index in [0.29, 0.717) is 51.6 Å². The molecule has 0 unspecified atom stereocenters. The molecule has 52 heavy (non-hydrogen) atoms. The SMILES string of the molecule is CCCC[C@@H]1NC(=O)OCCCCCCCc2cccc3c2CN(C3)C(=O)O[C@@H]2C[C@@H](C(=O)N[C@]3(C(=O)NS(=O)(=O)C4CC4)C[C@@H]3CC)N(C2)C1=O. The normalized spacial score (nSPS) is 28.6. The molecule has 1 saturated heterocycles. The number of ether oxygens (including phenoxy) is 2. The van der Waals surface area contributed by atoms with Crippen molar-refractivity contribution in [3.05, 3.63) is 34.9 Å². The molecular weight excluding hydrogens is 690 g/mol. The third-order valence-electron chi connectivity index (χ3n) is 11.3. The first kappa shape index (κ1) is 37.9. The van der Waals surface area contributed by atoms with Gasteiger partial charge in [0.15, 0.2) is 0 Å². The van der Waals surface area contributed by atoms with Crippen LogP contribution < -0.4 is 15.4 Å². The molecule has 286 valence electrons. The molecule has 0 spiro atoms. The smallest absolute Gasteiger partial charge is 0.410 e. The van der Waals surface area contributed by atoms with Gasteiger partial charge in [-0.05, 0) is 67.6 Å². The number of carbonyl (C=O) groups excluding carboxylic acids is 5. The van der Waals surface area contributed by atoms with Crippen LogP contribution in [0.25, 0.3) is 0 Å². The molecule has 3 N–H and O–H groups in total. The average molecular weight is 744 g/mol. The third kappa shape index (κ3) is 8.50. The highest BCUT2D eigenvalue weighted by Gasteiger charge is 2.62. The van der Waals surface area contributed by atoms with E-state index >= 15 is 0 Å². The number of hydrogen-bond acceptors (Lipinski definition) is 9. The number of nitrogens with zero attached hydrogens (tertiary/aromatic N) is 2. The van der Waals surface area contributed by atoms with Crippen molar-refractivity contribution in [3.63, 3.8) is 0 Å². The molecule has 14 nitrogen and oxygen atoms in total. The van der Waals surface area contributed by atoms with Crippen LogP contribution in [0.4, 0.5) is 9.59 Å². The van der Waals surface area contributed by atoms with E-state index in [1.54, 1.807) is 4.90 Å².